The van der Waals surface area contributed by atoms with E-state index in [1.807, 2.05) is 20.8 Å². The third-order valence-corrected chi connectivity index (χ3v) is 3.33. The van der Waals surface area contributed by atoms with Gasteiger partial charge in [-0.1, -0.05) is 19.3 Å². The van der Waals surface area contributed by atoms with E-state index in [4.69, 9.17) is 4.74 Å². The first kappa shape index (κ1) is 14.3. The fraction of sp³-hybridized carbons (Fsp3) is 0.923. The van der Waals surface area contributed by atoms with Crippen LogP contribution in [0.2, 0.25) is 0 Å². The van der Waals surface area contributed by atoms with Gasteiger partial charge in [0.25, 0.3) is 0 Å². The Bertz CT molecular complexity index is 237. The maximum Gasteiger partial charge on any atom is 0.407 e. The summed E-state index contributed by atoms with van der Waals surface area (Å²) in [5.41, 5.74) is 0. The number of hydrogen-bond donors (Lipinski definition) is 2. The fourth-order valence-corrected chi connectivity index (χ4v) is 2.40. The molecule has 0 radical (unpaired) electrons. The van der Waals surface area contributed by atoms with Crippen LogP contribution in [0.1, 0.15) is 52.9 Å². The molecule has 1 saturated carbocycles. The predicted octanol–water partition coefficient (Wildman–Crippen LogP) is 2.45. The first-order valence-corrected chi connectivity index (χ1v) is 6.66. The number of ether oxygens (including phenoxy) is 1. The molecule has 1 unspecified atom stereocenters. The van der Waals surface area contributed by atoms with Crippen molar-refractivity contribution in [3.63, 3.8) is 0 Å². The molecule has 0 aromatic heterocycles. The van der Waals surface area contributed by atoms with Crippen molar-refractivity contribution in [2.24, 2.45) is 5.92 Å². The number of rotatable bonds is 4. The molecular formula is C13H25NO3. The lowest BCUT2D eigenvalue weighted by Crippen LogP contribution is -2.45. The molecule has 0 saturated heterocycles. The van der Waals surface area contributed by atoms with Crippen molar-refractivity contribution in [3.05, 3.63) is 0 Å². The first-order valence-electron chi connectivity index (χ1n) is 6.66. The molecule has 1 fully saturated rings. The molecule has 17 heavy (non-hydrogen) atoms. The first-order chi connectivity index (χ1) is 8.00. The van der Waals surface area contributed by atoms with Gasteiger partial charge in [0.2, 0.25) is 0 Å². The summed E-state index contributed by atoms with van der Waals surface area (Å²) in [6.45, 7) is 5.45. The lowest BCUT2D eigenvalue weighted by Gasteiger charge is -2.30. The van der Waals surface area contributed by atoms with Crippen molar-refractivity contribution >= 4 is 6.09 Å². The van der Waals surface area contributed by atoms with Crippen LogP contribution in [0.3, 0.4) is 0 Å². The smallest absolute Gasteiger partial charge is 0.407 e. The molecule has 1 rings (SSSR count). The maximum atomic E-state index is 11.4. The van der Waals surface area contributed by atoms with Gasteiger partial charge in [-0.05, 0) is 39.5 Å². The number of carbonyl (C=O) groups excluding carboxylic acids is 1. The number of nitrogens with one attached hydrogen (secondary N) is 1. The van der Waals surface area contributed by atoms with Crippen LogP contribution in [-0.4, -0.2) is 29.4 Å². The highest BCUT2D eigenvalue weighted by Crippen LogP contribution is 2.27. The van der Waals surface area contributed by atoms with Crippen molar-refractivity contribution < 1.29 is 14.6 Å². The molecule has 0 aromatic carbocycles. The fourth-order valence-electron chi connectivity index (χ4n) is 2.40. The summed E-state index contributed by atoms with van der Waals surface area (Å²) >= 11 is 0. The minimum atomic E-state index is -0.463. The van der Waals surface area contributed by atoms with E-state index in [-0.39, 0.29) is 12.1 Å². The summed E-state index contributed by atoms with van der Waals surface area (Å²) in [5.74, 6) is 0.318. The highest BCUT2D eigenvalue weighted by atomic mass is 16.6. The van der Waals surface area contributed by atoms with Gasteiger partial charge in [0.1, 0.15) is 0 Å². The third-order valence-electron chi connectivity index (χ3n) is 3.33. The summed E-state index contributed by atoms with van der Waals surface area (Å²) in [6.07, 6.45) is 4.72. The minimum Gasteiger partial charge on any atom is -0.447 e. The zero-order valence-corrected chi connectivity index (χ0v) is 11.1. The van der Waals surface area contributed by atoms with E-state index >= 15 is 0 Å². The Morgan fingerprint density at radius 3 is 2.35 bits per heavy atom. The van der Waals surface area contributed by atoms with Gasteiger partial charge in [-0.15, -0.1) is 0 Å². The Kier molecular flexibility index (Phi) is 5.75. The monoisotopic (exact) mass is 243 g/mol. The molecular weight excluding hydrogens is 218 g/mol. The van der Waals surface area contributed by atoms with Gasteiger partial charge in [0.05, 0.1) is 18.2 Å². The number of alkyl carbamates (subject to hydrolysis) is 1. The van der Waals surface area contributed by atoms with Gasteiger partial charge < -0.3 is 15.2 Å². The average Bonchev–Trinajstić information content (AvgIpc) is 2.28. The number of carbonyl (C=O) groups is 1. The van der Waals surface area contributed by atoms with Gasteiger partial charge in [-0.2, -0.15) is 0 Å². The lowest BCUT2D eigenvalue weighted by atomic mass is 9.83. The molecule has 2 N–H and O–H groups in total. The minimum absolute atomic E-state index is 0.131. The van der Waals surface area contributed by atoms with Crippen molar-refractivity contribution in [1.82, 2.24) is 5.32 Å². The van der Waals surface area contributed by atoms with Crippen LogP contribution < -0.4 is 5.32 Å². The van der Waals surface area contributed by atoms with Crippen molar-refractivity contribution in [2.45, 2.75) is 71.1 Å². The van der Waals surface area contributed by atoms with E-state index in [2.05, 4.69) is 5.32 Å². The molecule has 2 atom stereocenters. The highest BCUT2D eigenvalue weighted by Gasteiger charge is 2.27. The lowest BCUT2D eigenvalue weighted by molar-refractivity contribution is 0.0482. The molecule has 0 bridgehead atoms. The topological polar surface area (TPSA) is 58.6 Å². The van der Waals surface area contributed by atoms with Gasteiger partial charge in [0.15, 0.2) is 0 Å². The zero-order valence-electron chi connectivity index (χ0n) is 11.1. The Balaban J connectivity index is 2.34. The summed E-state index contributed by atoms with van der Waals surface area (Å²) in [7, 11) is 0. The molecule has 4 heteroatoms. The zero-order chi connectivity index (χ0) is 12.8. The quantitative estimate of drug-likeness (QED) is 0.797. The Morgan fingerprint density at radius 1 is 1.24 bits per heavy atom. The van der Waals surface area contributed by atoms with Crippen LogP contribution in [0.25, 0.3) is 0 Å². The van der Waals surface area contributed by atoms with Crippen LogP contribution in [-0.2, 0) is 4.74 Å². The molecule has 0 aliphatic heterocycles. The van der Waals surface area contributed by atoms with Gasteiger partial charge in [-0.3, -0.25) is 0 Å². The Hall–Kier alpha value is -0.770. The summed E-state index contributed by atoms with van der Waals surface area (Å²) in [4.78, 5) is 11.4. The molecule has 1 aliphatic rings. The van der Waals surface area contributed by atoms with Gasteiger partial charge >= 0.3 is 6.09 Å². The molecule has 1 aliphatic carbocycles. The standard InChI is InChI=1S/C13H25NO3/c1-9(2)17-13(16)14-10(3)12(15)11-7-5-4-6-8-11/h9-12,15H,4-8H2,1-3H3,(H,14,16)/t10-,12?/m0/s1. The van der Waals surface area contributed by atoms with Gasteiger partial charge in [0, 0.05) is 0 Å². The molecule has 0 heterocycles. The largest absolute Gasteiger partial charge is 0.447 e. The van der Waals surface area contributed by atoms with Crippen molar-refractivity contribution in [2.75, 3.05) is 0 Å². The predicted molar refractivity (Wildman–Crippen MR) is 66.8 cm³/mol. The van der Waals surface area contributed by atoms with Crippen molar-refractivity contribution in [1.29, 1.82) is 0 Å². The Morgan fingerprint density at radius 2 is 1.82 bits per heavy atom. The van der Waals surface area contributed by atoms with E-state index < -0.39 is 12.2 Å². The molecule has 0 aromatic rings. The van der Waals surface area contributed by atoms with E-state index in [1.165, 1.54) is 19.3 Å². The second kappa shape index (κ2) is 6.84. The normalized spacial score (nSPS) is 21.0. The SMILES string of the molecule is CC(C)OC(=O)N[C@@H](C)C(O)C1CCCCC1. The summed E-state index contributed by atoms with van der Waals surface area (Å²) < 4.78 is 5.00. The second-order valence-electron chi connectivity index (χ2n) is 5.28. The van der Waals surface area contributed by atoms with Crippen LogP contribution in [0.5, 0.6) is 0 Å². The maximum absolute atomic E-state index is 11.4. The molecule has 0 spiro atoms. The summed E-state index contributed by atoms with van der Waals surface area (Å²) in [5, 5.41) is 12.9. The molecule has 100 valence electrons. The van der Waals surface area contributed by atoms with Crippen molar-refractivity contribution in [3.8, 4) is 0 Å². The van der Waals surface area contributed by atoms with E-state index in [9.17, 15) is 9.90 Å². The Labute approximate surface area is 104 Å². The van der Waals surface area contributed by atoms with E-state index in [0.29, 0.717) is 5.92 Å². The second-order valence-corrected chi connectivity index (χ2v) is 5.28. The molecule has 4 nitrogen and oxygen atoms in total. The van der Waals surface area contributed by atoms with Crippen LogP contribution >= 0.6 is 0 Å². The number of hydrogen-bond acceptors (Lipinski definition) is 3. The van der Waals surface area contributed by atoms with E-state index in [0.717, 1.165) is 12.8 Å². The van der Waals surface area contributed by atoms with Crippen LogP contribution in [0.4, 0.5) is 4.79 Å². The number of aliphatic hydroxyl groups is 1. The third kappa shape index (κ3) is 4.94. The number of aliphatic hydroxyl groups excluding tert-OH is 1. The molecule has 1 amide bonds. The summed E-state index contributed by atoms with van der Waals surface area (Å²) in [6, 6.07) is -0.246. The van der Waals surface area contributed by atoms with Gasteiger partial charge in [-0.25, -0.2) is 4.79 Å². The van der Waals surface area contributed by atoms with Crippen LogP contribution in [0, 0.1) is 5.92 Å². The average molecular weight is 243 g/mol. The highest BCUT2D eigenvalue weighted by molar-refractivity contribution is 5.67. The van der Waals surface area contributed by atoms with E-state index in [1.54, 1.807) is 0 Å². The number of amides is 1. The van der Waals surface area contributed by atoms with Crippen LogP contribution in [0.15, 0.2) is 0 Å².